The Morgan fingerprint density at radius 3 is 2.67 bits per heavy atom. The van der Waals surface area contributed by atoms with Crippen molar-refractivity contribution < 1.29 is 13.6 Å². The van der Waals surface area contributed by atoms with Gasteiger partial charge in [-0.2, -0.15) is 0 Å². The summed E-state index contributed by atoms with van der Waals surface area (Å²) in [5.41, 5.74) is 2.14. The topological polar surface area (TPSA) is 76.2 Å². The molecule has 7 nitrogen and oxygen atoms in total. The molecular weight excluding hydrogens is 421 g/mol. The fourth-order valence-corrected chi connectivity index (χ4v) is 4.33. The molecule has 3 heterocycles. The van der Waals surface area contributed by atoms with E-state index in [2.05, 4.69) is 20.4 Å². The SMILES string of the molecule is O=C(Cn1cc(-c2nnc(CN3CCCCC3)o2)c2ccccc21)NCc1ccccc1F. The number of amides is 1. The summed E-state index contributed by atoms with van der Waals surface area (Å²) in [5, 5.41) is 12.3. The van der Waals surface area contributed by atoms with Gasteiger partial charge in [0, 0.05) is 29.2 Å². The molecule has 0 radical (unpaired) electrons. The molecule has 1 aliphatic rings. The Labute approximate surface area is 191 Å². The lowest BCUT2D eigenvalue weighted by Crippen LogP contribution is -2.29. The molecule has 0 atom stereocenters. The maximum atomic E-state index is 13.8. The number of nitrogens with zero attached hydrogens (tertiary/aromatic N) is 4. The second-order valence-corrected chi connectivity index (χ2v) is 8.39. The first-order chi connectivity index (χ1) is 16.2. The number of halogens is 1. The van der Waals surface area contributed by atoms with E-state index in [1.807, 2.05) is 35.0 Å². The minimum Gasteiger partial charge on any atom is -0.419 e. The van der Waals surface area contributed by atoms with Crippen molar-refractivity contribution in [1.82, 2.24) is 25.0 Å². The van der Waals surface area contributed by atoms with Crippen LogP contribution in [0.5, 0.6) is 0 Å². The summed E-state index contributed by atoms with van der Waals surface area (Å²) in [6, 6.07) is 14.2. The summed E-state index contributed by atoms with van der Waals surface area (Å²) < 4.78 is 21.7. The van der Waals surface area contributed by atoms with Crippen LogP contribution in [0.15, 0.2) is 59.1 Å². The molecule has 4 aromatic rings. The van der Waals surface area contributed by atoms with Crippen LogP contribution in [0.25, 0.3) is 22.4 Å². The van der Waals surface area contributed by atoms with Crippen molar-refractivity contribution in [2.24, 2.45) is 0 Å². The quantitative estimate of drug-likeness (QED) is 0.461. The van der Waals surface area contributed by atoms with E-state index in [0.717, 1.165) is 29.6 Å². The van der Waals surface area contributed by atoms with Crippen molar-refractivity contribution in [1.29, 1.82) is 0 Å². The molecule has 0 saturated carbocycles. The van der Waals surface area contributed by atoms with E-state index in [4.69, 9.17) is 4.42 Å². The van der Waals surface area contributed by atoms with Crippen LogP contribution in [0, 0.1) is 5.82 Å². The number of carbonyl (C=O) groups excluding carboxylic acids is 1. The van der Waals surface area contributed by atoms with Crippen LogP contribution in [0.4, 0.5) is 4.39 Å². The molecule has 33 heavy (non-hydrogen) atoms. The maximum Gasteiger partial charge on any atom is 0.249 e. The number of carbonyl (C=O) groups is 1. The van der Waals surface area contributed by atoms with Gasteiger partial charge in [0.05, 0.1) is 12.1 Å². The third-order valence-corrected chi connectivity index (χ3v) is 6.04. The number of fused-ring (bicyclic) bond motifs is 1. The highest BCUT2D eigenvalue weighted by Gasteiger charge is 2.19. The molecule has 5 rings (SSSR count). The van der Waals surface area contributed by atoms with Gasteiger partial charge in [-0.1, -0.05) is 42.8 Å². The zero-order valence-corrected chi connectivity index (χ0v) is 18.3. The Kier molecular flexibility index (Phi) is 6.17. The van der Waals surface area contributed by atoms with E-state index < -0.39 is 0 Å². The van der Waals surface area contributed by atoms with Gasteiger partial charge in [0.2, 0.25) is 17.7 Å². The van der Waals surface area contributed by atoms with Gasteiger partial charge >= 0.3 is 0 Å². The Hall–Kier alpha value is -3.52. The van der Waals surface area contributed by atoms with Crippen LogP contribution in [0.2, 0.25) is 0 Å². The maximum absolute atomic E-state index is 13.8. The van der Waals surface area contributed by atoms with E-state index in [1.54, 1.807) is 18.2 Å². The van der Waals surface area contributed by atoms with Gasteiger partial charge in [-0.3, -0.25) is 9.69 Å². The summed E-state index contributed by atoms with van der Waals surface area (Å²) in [5.74, 6) is 0.514. The zero-order chi connectivity index (χ0) is 22.6. The minimum atomic E-state index is -0.330. The number of hydrogen-bond donors (Lipinski definition) is 1. The number of likely N-dealkylation sites (tertiary alicyclic amines) is 1. The third kappa shape index (κ3) is 4.80. The molecule has 8 heteroatoms. The second-order valence-electron chi connectivity index (χ2n) is 8.39. The number of nitrogens with one attached hydrogen (secondary N) is 1. The number of hydrogen-bond acceptors (Lipinski definition) is 5. The summed E-state index contributed by atoms with van der Waals surface area (Å²) in [6.45, 7) is 3.01. The van der Waals surface area contributed by atoms with Gasteiger partial charge in [0.15, 0.2) is 0 Å². The third-order valence-electron chi connectivity index (χ3n) is 6.04. The molecule has 2 aromatic carbocycles. The van der Waals surface area contributed by atoms with Crippen molar-refractivity contribution in [2.75, 3.05) is 13.1 Å². The standard InChI is InChI=1S/C25H26FN5O2/c26-21-10-4-2-8-18(21)14-27-23(32)16-31-15-20(19-9-3-5-11-22(19)31)25-29-28-24(33-25)17-30-12-6-1-7-13-30/h2-5,8-11,15H,1,6-7,12-14,16-17H2,(H,27,32). The second kappa shape index (κ2) is 9.54. The van der Waals surface area contributed by atoms with Crippen LogP contribution in [-0.2, 0) is 24.4 Å². The van der Waals surface area contributed by atoms with Crippen molar-refractivity contribution >= 4 is 16.8 Å². The first kappa shape index (κ1) is 21.3. The van der Waals surface area contributed by atoms with Crippen molar-refractivity contribution in [3.8, 4) is 11.5 Å². The molecule has 1 aliphatic heterocycles. The molecule has 1 N–H and O–H groups in total. The summed E-state index contributed by atoms with van der Waals surface area (Å²) in [7, 11) is 0. The predicted molar refractivity (Wildman–Crippen MR) is 123 cm³/mol. The Bertz CT molecular complexity index is 1260. The Balaban J connectivity index is 1.33. The monoisotopic (exact) mass is 447 g/mol. The Morgan fingerprint density at radius 1 is 1.03 bits per heavy atom. The normalized spacial score (nSPS) is 14.6. The van der Waals surface area contributed by atoms with Gasteiger partial charge in [0.1, 0.15) is 12.4 Å². The van der Waals surface area contributed by atoms with Gasteiger partial charge < -0.3 is 14.3 Å². The van der Waals surface area contributed by atoms with Gasteiger partial charge in [-0.15, -0.1) is 10.2 Å². The smallest absolute Gasteiger partial charge is 0.249 e. The van der Waals surface area contributed by atoms with E-state index in [0.29, 0.717) is 23.9 Å². The van der Waals surface area contributed by atoms with Crippen LogP contribution in [0.1, 0.15) is 30.7 Å². The molecule has 1 amide bonds. The van der Waals surface area contributed by atoms with Gasteiger partial charge in [-0.05, 0) is 38.1 Å². The largest absolute Gasteiger partial charge is 0.419 e. The van der Waals surface area contributed by atoms with Crippen molar-refractivity contribution in [3.05, 3.63) is 72.0 Å². The molecule has 1 saturated heterocycles. The lowest BCUT2D eigenvalue weighted by molar-refractivity contribution is -0.121. The fourth-order valence-electron chi connectivity index (χ4n) is 4.33. The molecule has 0 aliphatic carbocycles. The van der Waals surface area contributed by atoms with Crippen LogP contribution >= 0.6 is 0 Å². The molecule has 170 valence electrons. The lowest BCUT2D eigenvalue weighted by atomic mass is 10.1. The van der Waals surface area contributed by atoms with E-state index in [1.165, 1.54) is 25.3 Å². The summed E-state index contributed by atoms with van der Waals surface area (Å²) in [4.78, 5) is 14.9. The number of para-hydroxylation sites is 1. The molecule has 0 bridgehead atoms. The predicted octanol–water partition coefficient (Wildman–Crippen LogP) is 4.13. The van der Waals surface area contributed by atoms with E-state index >= 15 is 0 Å². The van der Waals surface area contributed by atoms with Gasteiger partial charge in [0.25, 0.3) is 0 Å². The summed E-state index contributed by atoms with van der Waals surface area (Å²) >= 11 is 0. The number of piperidine rings is 1. The zero-order valence-electron chi connectivity index (χ0n) is 18.3. The van der Waals surface area contributed by atoms with E-state index in [9.17, 15) is 9.18 Å². The summed E-state index contributed by atoms with van der Waals surface area (Å²) in [6.07, 6.45) is 5.55. The molecular formula is C25H26FN5O2. The average molecular weight is 448 g/mol. The average Bonchev–Trinajstić information content (AvgIpc) is 3.44. The highest BCUT2D eigenvalue weighted by atomic mass is 19.1. The molecule has 0 spiro atoms. The van der Waals surface area contributed by atoms with Crippen LogP contribution in [0.3, 0.4) is 0 Å². The highest BCUT2D eigenvalue weighted by molar-refractivity contribution is 5.94. The highest BCUT2D eigenvalue weighted by Crippen LogP contribution is 2.30. The lowest BCUT2D eigenvalue weighted by Gasteiger charge is -2.24. The molecule has 0 unspecified atom stereocenters. The molecule has 2 aromatic heterocycles. The van der Waals surface area contributed by atoms with Crippen LogP contribution < -0.4 is 5.32 Å². The van der Waals surface area contributed by atoms with Gasteiger partial charge in [-0.25, -0.2) is 4.39 Å². The van der Waals surface area contributed by atoms with Crippen molar-refractivity contribution in [3.63, 3.8) is 0 Å². The number of benzene rings is 2. The minimum absolute atomic E-state index is 0.101. The van der Waals surface area contributed by atoms with Crippen LogP contribution in [-0.4, -0.2) is 38.7 Å². The fraction of sp³-hybridized carbons (Fsp3) is 0.320. The number of aromatic nitrogens is 3. The van der Waals surface area contributed by atoms with Crippen molar-refractivity contribution in [2.45, 2.75) is 38.9 Å². The Morgan fingerprint density at radius 2 is 1.82 bits per heavy atom. The number of rotatable bonds is 7. The first-order valence-corrected chi connectivity index (χ1v) is 11.3. The first-order valence-electron chi connectivity index (χ1n) is 11.3. The van der Waals surface area contributed by atoms with E-state index in [-0.39, 0.29) is 24.8 Å². The molecule has 1 fully saturated rings.